The van der Waals surface area contributed by atoms with Crippen molar-refractivity contribution in [3.8, 4) is 0 Å². The van der Waals surface area contributed by atoms with Crippen molar-refractivity contribution in [1.29, 1.82) is 0 Å². The number of aryl methyl sites for hydroxylation is 1. The van der Waals surface area contributed by atoms with E-state index in [2.05, 4.69) is 0 Å². The van der Waals surface area contributed by atoms with Gasteiger partial charge < -0.3 is 14.4 Å². The van der Waals surface area contributed by atoms with Gasteiger partial charge in [0.1, 0.15) is 5.76 Å². The summed E-state index contributed by atoms with van der Waals surface area (Å²) in [4.78, 5) is 13.7. The summed E-state index contributed by atoms with van der Waals surface area (Å²) < 4.78 is 5.32. The van der Waals surface area contributed by atoms with Crippen molar-refractivity contribution in [1.82, 2.24) is 4.90 Å². The average molecular weight is 237 g/mol. The zero-order chi connectivity index (χ0) is 12.4. The van der Waals surface area contributed by atoms with Crippen molar-refractivity contribution >= 4 is 5.91 Å². The summed E-state index contributed by atoms with van der Waals surface area (Å²) in [6.07, 6.45) is 3.34. The Balaban J connectivity index is 2.08. The van der Waals surface area contributed by atoms with E-state index in [1.807, 2.05) is 6.92 Å². The van der Waals surface area contributed by atoms with Gasteiger partial charge in [0.15, 0.2) is 5.76 Å². The predicted molar refractivity (Wildman–Crippen MR) is 63.8 cm³/mol. The van der Waals surface area contributed by atoms with Gasteiger partial charge in [-0.15, -0.1) is 0 Å². The number of aliphatic hydroxyl groups excluding tert-OH is 1. The number of furan rings is 1. The maximum atomic E-state index is 12.1. The highest BCUT2D eigenvalue weighted by Gasteiger charge is 2.30. The van der Waals surface area contributed by atoms with Gasteiger partial charge in [-0.05, 0) is 31.9 Å². The van der Waals surface area contributed by atoms with E-state index in [0.717, 1.165) is 31.4 Å². The Bertz CT molecular complexity index is 399. The second-order valence-corrected chi connectivity index (χ2v) is 4.75. The highest BCUT2D eigenvalue weighted by atomic mass is 16.3. The first kappa shape index (κ1) is 12.2. The molecule has 1 N–H and O–H groups in total. The number of aliphatic hydroxyl groups is 1. The second-order valence-electron chi connectivity index (χ2n) is 4.75. The normalized spacial score (nSPS) is 24.6. The van der Waals surface area contributed by atoms with E-state index in [4.69, 9.17) is 4.42 Å². The third kappa shape index (κ3) is 2.52. The number of likely N-dealkylation sites (N-methyl/N-ethyl adjacent to an activating group) is 1. The Labute approximate surface area is 101 Å². The predicted octanol–water partition coefficient (Wildman–Crippen LogP) is 1.96. The van der Waals surface area contributed by atoms with Crippen molar-refractivity contribution in [3.05, 3.63) is 23.7 Å². The van der Waals surface area contributed by atoms with Gasteiger partial charge in [0.25, 0.3) is 5.91 Å². The summed E-state index contributed by atoms with van der Waals surface area (Å²) in [5.41, 5.74) is 0. The SMILES string of the molecule is Cc1ccc(C(=O)N(C)C2CCCCC2O)o1. The van der Waals surface area contributed by atoms with Crippen LogP contribution in [-0.2, 0) is 0 Å². The highest BCUT2D eigenvalue weighted by molar-refractivity contribution is 5.91. The first-order chi connectivity index (χ1) is 8.09. The van der Waals surface area contributed by atoms with Crippen LogP contribution in [0.3, 0.4) is 0 Å². The van der Waals surface area contributed by atoms with Crippen molar-refractivity contribution in [3.63, 3.8) is 0 Å². The number of hydrogen-bond donors (Lipinski definition) is 1. The zero-order valence-corrected chi connectivity index (χ0v) is 10.3. The van der Waals surface area contributed by atoms with E-state index in [1.165, 1.54) is 0 Å². The number of carbonyl (C=O) groups excluding carboxylic acids is 1. The molecule has 2 unspecified atom stereocenters. The van der Waals surface area contributed by atoms with E-state index in [0.29, 0.717) is 5.76 Å². The van der Waals surface area contributed by atoms with Crippen LogP contribution in [0.1, 0.15) is 42.0 Å². The van der Waals surface area contributed by atoms with Crippen molar-refractivity contribution in [2.45, 2.75) is 44.8 Å². The molecule has 0 radical (unpaired) electrons. The quantitative estimate of drug-likeness (QED) is 0.855. The van der Waals surface area contributed by atoms with Crippen LogP contribution in [0.25, 0.3) is 0 Å². The molecule has 0 spiro atoms. The molecule has 0 aliphatic heterocycles. The summed E-state index contributed by atoms with van der Waals surface area (Å²) >= 11 is 0. The molecule has 0 saturated heterocycles. The van der Waals surface area contributed by atoms with Crippen LogP contribution in [0.15, 0.2) is 16.5 Å². The first-order valence-corrected chi connectivity index (χ1v) is 6.11. The second kappa shape index (κ2) is 4.92. The van der Waals surface area contributed by atoms with E-state index in [1.54, 1.807) is 24.1 Å². The Hall–Kier alpha value is -1.29. The maximum absolute atomic E-state index is 12.1. The number of nitrogens with zero attached hydrogens (tertiary/aromatic N) is 1. The third-order valence-corrected chi connectivity index (χ3v) is 3.46. The summed E-state index contributed by atoms with van der Waals surface area (Å²) in [5.74, 6) is 0.928. The number of hydrogen-bond acceptors (Lipinski definition) is 3. The van der Waals surface area contributed by atoms with Gasteiger partial charge in [-0.3, -0.25) is 4.79 Å². The van der Waals surface area contributed by atoms with Crippen molar-refractivity contribution in [2.75, 3.05) is 7.05 Å². The van der Waals surface area contributed by atoms with Crippen LogP contribution in [0.4, 0.5) is 0 Å². The minimum atomic E-state index is -0.409. The standard InChI is InChI=1S/C13H19NO3/c1-9-7-8-12(17-9)13(16)14(2)10-5-3-4-6-11(10)15/h7-8,10-11,15H,3-6H2,1-2H3. The zero-order valence-electron chi connectivity index (χ0n) is 10.3. The van der Waals surface area contributed by atoms with Gasteiger partial charge in [-0.25, -0.2) is 0 Å². The van der Waals surface area contributed by atoms with Gasteiger partial charge in [0, 0.05) is 7.05 Å². The van der Waals surface area contributed by atoms with Gasteiger partial charge in [-0.2, -0.15) is 0 Å². The lowest BCUT2D eigenvalue weighted by Gasteiger charge is -2.34. The molecule has 0 aromatic carbocycles. The molecule has 1 aliphatic carbocycles. The first-order valence-electron chi connectivity index (χ1n) is 6.11. The summed E-state index contributed by atoms with van der Waals surface area (Å²) in [7, 11) is 1.74. The minimum absolute atomic E-state index is 0.0818. The fraction of sp³-hybridized carbons (Fsp3) is 0.615. The number of carbonyl (C=O) groups is 1. The van der Waals surface area contributed by atoms with Crippen LogP contribution in [0.2, 0.25) is 0 Å². The van der Waals surface area contributed by atoms with E-state index in [9.17, 15) is 9.90 Å². The maximum Gasteiger partial charge on any atom is 0.289 e. The monoisotopic (exact) mass is 237 g/mol. The lowest BCUT2D eigenvalue weighted by atomic mass is 9.91. The molecular weight excluding hydrogens is 218 g/mol. The Morgan fingerprint density at radius 2 is 2.12 bits per heavy atom. The molecule has 1 heterocycles. The summed E-state index contributed by atoms with van der Waals surface area (Å²) in [6.45, 7) is 1.81. The highest BCUT2D eigenvalue weighted by Crippen LogP contribution is 2.23. The molecule has 2 rings (SSSR count). The van der Waals surface area contributed by atoms with Gasteiger partial charge >= 0.3 is 0 Å². The summed E-state index contributed by atoms with van der Waals surface area (Å²) in [6, 6.07) is 3.38. The molecular formula is C13H19NO3. The molecule has 17 heavy (non-hydrogen) atoms. The molecule has 1 fully saturated rings. The van der Waals surface area contributed by atoms with Gasteiger partial charge in [0.05, 0.1) is 12.1 Å². The molecule has 1 aromatic rings. The Morgan fingerprint density at radius 1 is 1.41 bits per heavy atom. The molecule has 4 nitrogen and oxygen atoms in total. The van der Waals surface area contributed by atoms with Crippen molar-refractivity contribution in [2.24, 2.45) is 0 Å². The number of amides is 1. The largest absolute Gasteiger partial charge is 0.456 e. The van der Waals surface area contributed by atoms with E-state index >= 15 is 0 Å². The van der Waals surface area contributed by atoms with Gasteiger partial charge in [0.2, 0.25) is 0 Å². The van der Waals surface area contributed by atoms with Crippen LogP contribution in [0.5, 0.6) is 0 Å². The topological polar surface area (TPSA) is 53.7 Å². The lowest BCUT2D eigenvalue weighted by molar-refractivity contribution is 0.0249. The minimum Gasteiger partial charge on any atom is -0.456 e. The Kier molecular flexibility index (Phi) is 3.52. The average Bonchev–Trinajstić information content (AvgIpc) is 2.75. The van der Waals surface area contributed by atoms with Crippen LogP contribution in [0, 0.1) is 6.92 Å². The third-order valence-electron chi connectivity index (χ3n) is 3.46. The van der Waals surface area contributed by atoms with E-state index < -0.39 is 6.10 Å². The van der Waals surface area contributed by atoms with E-state index in [-0.39, 0.29) is 11.9 Å². The van der Waals surface area contributed by atoms with Gasteiger partial charge in [-0.1, -0.05) is 12.8 Å². The Morgan fingerprint density at radius 3 is 2.71 bits per heavy atom. The summed E-state index contributed by atoms with van der Waals surface area (Å²) in [5, 5.41) is 9.92. The number of rotatable bonds is 2. The molecule has 1 aliphatic rings. The lowest BCUT2D eigenvalue weighted by Crippen LogP contribution is -2.46. The van der Waals surface area contributed by atoms with Crippen LogP contribution < -0.4 is 0 Å². The van der Waals surface area contributed by atoms with Crippen LogP contribution in [-0.4, -0.2) is 35.1 Å². The fourth-order valence-corrected chi connectivity index (χ4v) is 2.42. The smallest absolute Gasteiger partial charge is 0.289 e. The van der Waals surface area contributed by atoms with Crippen LogP contribution >= 0.6 is 0 Å². The molecule has 1 amide bonds. The molecule has 2 atom stereocenters. The van der Waals surface area contributed by atoms with Crippen molar-refractivity contribution < 1.29 is 14.3 Å². The molecule has 94 valence electrons. The molecule has 1 aromatic heterocycles. The molecule has 0 bridgehead atoms. The molecule has 4 heteroatoms. The fourth-order valence-electron chi connectivity index (χ4n) is 2.42. The molecule has 1 saturated carbocycles.